The highest BCUT2D eigenvalue weighted by Gasteiger charge is 2.34. The van der Waals surface area contributed by atoms with E-state index in [-0.39, 0.29) is 16.0 Å². The molecule has 1 saturated heterocycles. The third-order valence-electron chi connectivity index (χ3n) is 4.74. The van der Waals surface area contributed by atoms with Crippen LogP contribution in [-0.2, 0) is 21.2 Å². The first-order valence-corrected chi connectivity index (χ1v) is 12.0. The Morgan fingerprint density at radius 1 is 1.03 bits per heavy atom. The van der Waals surface area contributed by atoms with Crippen LogP contribution in [0.2, 0.25) is 0 Å². The van der Waals surface area contributed by atoms with Crippen molar-refractivity contribution in [3.8, 4) is 11.5 Å². The number of hydrogen-bond acceptors (Lipinski definition) is 6. The minimum Gasteiger partial charge on any atom is -0.493 e. The lowest BCUT2D eigenvalue weighted by Gasteiger charge is -2.12. The van der Waals surface area contributed by atoms with Crippen molar-refractivity contribution in [2.24, 2.45) is 4.40 Å². The van der Waals surface area contributed by atoms with Crippen LogP contribution in [0.4, 0.5) is 0 Å². The molecule has 7 nitrogen and oxygen atoms in total. The van der Waals surface area contributed by atoms with Crippen LogP contribution in [0.3, 0.4) is 0 Å². The first-order valence-electron chi connectivity index (χ1n) is 9.70. The summed E-state index contributed by atoms with van der Waals surface area (Å²) in [5.74, 6) is 0.817. The monoisotopic (exact) mass is 460 g/mol. The van der Waals surface area contributed by atoms with Gasteiger partial charge in [0.2, 0.25) is 0 Å². The minimum atomic E-state index is -3.94. The summed E-state index contributed by atoms with van der Waals surface area (Å²) in [6, 6.07) is 11.9. The van der Waals surface area contributed by atoms with Crippen LogP contribution in [0.1, 0.15) is 25.0 Å². The molecule has 0 atom stereocenters. The molecule has 1 aliphatic rings. The predicted molar refractivity (Wildman–Crippen MR) is 123 cm³/mol. The summed E-state index contributed by atoms with van der Waals surface area (Å²) < 4.78 is 40.1. The van der Waals surface area contributed by atoms with Gasteiger partial charge in [0.05, 0.1) is 24.0 Å². The number of carbonyl (C=O) groups is 1. The second kappa shape index (κ2) is 9.57. The first kappa shape index (κ1) is 22.9. The Morgan fingerprint density at radius 3 is 2.29 bits per heavy atom. The van der Waals surface area contributed by atoms with Gasteiger partial charge >= 0.3 is 0 Å². The molecule has 31 heavy (non-hydrogen) atoms. The molecule has 9 heteroatoms. The summed E-state index contributed by atoms with van der Waals surface area (Å²) in [5.41, 5.74) is 1.76. The fourth-order valence-electron chi connectivity index (χ4n) is 3.00. The number of aryl methyl sites for hydroxylation is 1. The smallest absolute Gasteiger partial charge is 0.284 e. The van der Waals surface area contributed by atoms with Gasteiger partial charge in [-0.2, -0.15) is 8.42 Å². The number of ether oxygens (including phenoxy) is 2. The van der Waals surface area contributed by atoms with Crippen LogP contribution in [0, 0.1) is 0 Å². The summed E-state index contributed by atoms with van der Waals surface area (Å²) in [6.07, 6.45) is 2.50. The molecule has 0 bridgehead atoms. The number of rotatable bonds is 7. The molecule has 0 unspecified atom stereocenters. The molecule has 0 aromatic heterocycles. The molecule has 2 aromatic rings. The molecule has 0 saturated carbocycles. The van der Waals surface area contributed by atoms with Crippen molar-refractivity contribution in [1.82, 2.24) is 4.90 Å². The van der Waals surface area contributed by atoms with Crippen molar-refractivity contribution in [2.45, 2.75) is 25.2 Å². The topological polar surface area (TPSA) is 85.3 Å². The van der Waals surface area contributed by atoms with Crippen LogP contribution in [0.25, 0.3) is 6.08 Å². The molecule has 164 valence electrons. The van der Waals surface area contributed by atoms with Crippen LogP contribution >= 0.6 is 11.8 Å². The van der Waals surface area contributed by atoms with Crippen molar-refractivity contribution in [1.29, 1.82) is 0 Å². The largest absolute Gasteiger partial charge is 0.493 e. The molecule has 0 radical (unpaired) electrons. The number of methoxy groups -OCH3 is 2. The van der Waals surface area contributed by atoms with E-state index in [9.17, 15) is 13.2 Å². The molecule has 1 heterocycles. The van der Waals surface area contributed by atoms with E-state index in [2.05, 4.69) is 4.40 Å². The molecule has 0 spiro atoms. The lowest BCUT2D eigenvalue weighted by molar-refractivity contribution is -0.122. The number of likely N-dealkylation sites (N-methyl/N-ethyl adjacent to an activating group) is 1. The SMILES string of the molecule is CCc1ccc(S(=O)(=O)/N=C2/S/C(=C\c3ccc(OC)c(OC)c3)C(=O)N2CC)cc1. The van der Waals surface area contributed by atoms with Gasteiger partial charge in [-0.3, -0.25) is 9.69 Å². The van der Waals surface area contributed by atoms with Gasteiger partial charge in [0.15, 0.2) is 16.7 Å². The van der Waals surface area contributed by atoms with Gasteiger partial charge in [0.25, 0.3) is 15.9 Å². The Bertz CT molecular complexity index is 1140. The van der Waals surface area contributed by atoms with E-state index < -0.39 is 10.0 Å². The van der Waals surface area contributed by atoms with E-state index in [0.29, 0.717) is 22.9 Å². The Morgan fingerprint density at radius 2 is 1.71 bits per heavy atom. The van der Waals surface area contributed by atoms with Gasteiger partial charge in [-0.05, 0) is 66.6 Å². The maximum atomic E-state index is 12.8. The Kier molecular flexibility index (Phi) is 7.07. The van der Waals surface area contributed by atoms with Gasteiger partial charge in [0, 0.05) is 6.54 Å². The minimum absolute atomic E-state index is 0.0959. The predicted octanol–water partition coefficient (Wildman–Crippen LogP) is 3.95. The highest BCUT2D eigenvalue weighted by molar-refractivity contribution is 8.19. The van der Waals surface area contributed by atoms with E-state index in [1.165, 1.54) is 24.1 Å². The molecule has 1 aliphatic heterocycles. The van der Waals surface area contributed by atoms with Gasteiger partial charge < -0.3 is 9.47 Å². The molecule has 0 N–H and O–H groups in total. The van der Waals surface area contributed by atoms with Gasteiger partial charge in [-0.15, -0.1) is 4.40 Å². The second-order valence-electron chi connectivity index (χ2n) is 6.62. The Hall–Kier alpha value is -2.78. The second-order valence-corrected chi connectivity index (χ2v) is 9.23. The summed E-state index contributed by atoms with van der Waals surface area (Å²) in [6.45, 7) is 4.07. The number of amidine groups is 1. The Balaban J connectivity index is 1.94. The maximum absolute atomic E-state index is 12.8. The summed E-state index contributed by atoms with van der Waals surface area (Å²) in [4.78, 5) is 14.7. The third-order valence-corrected chi connectivity index (χ3v) is 7.14. The summed E-state index contributed by atoms with van der Waals surface area (Å²) in [7, 11) is -0.862. The quantitative estimate of drug-likeness (QED) is 0.582. The molecule has 1 amide bonds. The van der Waals surface area contributed by atoms with E-state index in [1.54, 1.807) is 50.4 Å². The number of thioether (sulfide) groups is 1. The molecular formula is C22H24N2O5S2. The number of carbonyl (C=O) groups excluding carboxylic acids is 1. The zero-order valence-corrected chi connectivity index (χ0v) is 19.4. The normalized spacial score (nSPS) is 16.9. The van der Waals surface area contributed by atoms with Gasteiger partial charge in [0.1, 0.15) is 0 Å². The number of amides is 1. The molecule has 0 aliphatic carbocycles. The van der Waals surface area contributed by atoms with Gasteiger partial charge in [-0.1, -0.05) is 25.1 Å². The number of sulfonamides is 1. The van der Waals surface area contributed by atoms with Gasteiger partial charge in [-0.25, -0.2) is 0 Å². The fraction of sp³-hybridized carbons (Fsp3) is 0.273. The van der Waals surface area contributed by atoms with E-state index in [1.807, 2.05) is 6.92 Å². The van der Waals surface area contributed by atoms with E-state index in [4.69, 9.17) is 9.47 Å². The Labute approximate surface area is 186 Å². The molecule has 2 aromatic carbocycles. The van der Waals surface area contributed by atoms with Crippen molar-refractivity contribution in [2.75, 3.05) is 20.8 Å². The van der Waals surface area contributed by atoms with Crippen molar-refractivity contribution < 1.29 is 22.7 Å². The number of nitrogens with zero attached hydrogens (tertiary/aromatic N) is 2. The average molecular weight is 461 g/mol. The lowest BCUT2D eigenvalue weighted by atomic mass is 10.2. The lowest BCUT2D eigenvalue weighted by Crippen LogP contribution is -2.29. The van der Waals surface area contributed by atoms with Crippen molar-refractivity contribution >= 4 is 38.9 Å². The standard InChI is InChI=1S/C22H24N2O5S2/c1-5-15-7-10-17(11-8-15)31(26,27)23-22-24(6-2)21(25)20(30-22)14-16-9-12-18(28-3)19(13-16)29-4/h7-14H,5-6H2,1-4H3/b20-14-,23-22+. The molecular weight excluding hydrogens is 436 g/mol. The highest BCUT2D eigenvalue weighted by Crippen LogP contribution is 2.35. The zero-order valence-electron chi connectivity index (χ0n) is 17.8. The number of benzene rings is 2. The van der Waals surface area contributed by atoms with E-state index in [0.717, 1.165) is 29.3 Å². The van der Waals surface area contributed by atoms with Crippen LogP contribution in [0.15, 0.2) is 56.7 Å². The highest BCUT2D eigenvalue weighted by atomic mass is 32.2. The van der Waals surface area contributed by atoms with Crippen molar-refractivity contribution in [3.63, 3.8) is 0 Å². The van der Waals surface area contributed by atoms with E-state index >= 15 is 0 Å². The van der Waals surface area contributed by atoms with Crippen molar-refractivity contribution in [3.05, 3.63) is 58.5 Å². The summed E-state index contributed by atoms with van der Waals surface area (Å²) >= 11 is 1.04. The first-order chi connectivity index (χ1) is 14.8. The zero-order chi connectivity index (χ0) is 22.6. The summed E-state index contributed by atoms with van der Waals surface area (Å²) in [5, 5.41) is 0.138. The maximum Gasteiger partial charge on any atom is 0.284 e. The third kappa shape index (κ3) is 4.94. The molecule has 3 rings (SSSR count). The average Bonchev–Trinajstić information content (AvgIpc) is 3.06. The number of hydrogen-bond donors (Lipinski definition) is 0. The molecule has 1 fully saturated rings. The van der Waals surface area contributed by atoms with Crippen LogP contribution in [0.5, 0.6) is 11.5 Å². The van der Waals surface area contributed by atoms with Crippen LogP contribution < -0.4 is 9.47 Å². The van der Waals surface area contributed by atoms with Crippen LogP contribution in [-0.4, -0.2) is 45.2 Å². The fourth-order valence-corrected chi connectivity index (χ4v) is 5.25.